The van der Waals surface area contributed by atoms with Gasteiger partial charge in [-0.15, -0.1) is 10.2 Å². The fourth-order valence-electron chi connectivity index (χ4n) is 1.15. The van der Waals surface area contributed by atoms with Crippen LogP contribution in [-0.4, -0.2) is 17.2 Å². The molecular weight excluding hydrogens is 248 g/mol. The molecule has 0 amide bonds. The van der Waals surface area contributed by atoms with Crippen LogP contribution in [0.3, 0.4) is 0 Å². The Morgan fingerprint density at radius 3 is 2.88 bits per heavy atom. The van der Waals surface area contributed by atoms with Crippen LogP contribution in [0, 0.1) is 11.6 Å². The lowest BCUT2D eigenvalue weighted by atomic mass is 10.3. The SMILES string of the molecule is CNc1nnc(COc2cccc(F)c2F)s1. The van der Waals surface area contributed by atoms with Crippen molar-refractivity contribution >= 4 is 16.5 Å². The second-order valence-electron chi connectivity index (χ2n) is 3.09. The molecule has 90 valence electrons. The summed E-state index contributed by atoms with van der Waals surface area (Å²) in [6, 6.07) is 3.78. The molecule has 0 saturated heterocycles. The van der Waals surface area contributed by atoms with Crippen LogP contribution in [0.15, 0.2) is 18.2 Å². The minimum atomic E-state index is -0.995. The molecule has 0 radical (unpaired) electrons. The molecule has 2 rings (SSSR count). The van der Waals surface area contributed by atoms with E-state index in [0.717, 1.165) is 6.07 Å². The van der Waals surface area contributed by atoms with Crippen molar-refractivity contribution in [1.82, 2.24) is 10.2 Å². The Morgan fingerprint density at radius 2 is 2.18 bits per heavy atom. The fraction of sp³-hybridized carbons (Fsp3) is 0.200. The van der Waals surface area contributed by atoms with Crippen molar-refractivity contribution in [3.8, 4) is 5.75 Å². The van der Waals surface area contributed by atoms with Gasteiger partial charge in [0.25, 0.3) is 0 Å². The fourth-order valence-corrected chi connectivity index (χ4v) is 1.75. The van der Waals surface area contributed by atoms with Crippen LogP contribution in [0.2, 0.25) is 0 Å². The molecule has 0 aliphatic rings. The third-order valence-electron chi connectivity index (χ3n) is 1.95. The topological polar surface area (TPSA) is 47.0 Å². The third-order valence-corrected chi connectivity index (χ3v) is 2.86. The first-order valence-electron chi connectivity index (χ1n) is 4.77. The number of hydrogen-bond acceptors (Lipinski definition) is 5. The highest BCUT2D eigenvalue weighted by Crippen LogP contribution is 2.21. The Labute approximate surface area is 100 Å². The Bertz CT molecular complexity index is 518. The summed E-state index contributed by atoms with van der Waals surface area (Å²) < 4.78 is 31.2. The lowest BCUT2D eigenvalue weighted by molar-refractivity contribution is 0.283. The average molecular weight is 257 g/mol. The molecule has 1 aromatic carbocycles. The number of anilines is 1. The van der Waals surface area contributed by atoms with Gasteiger partial charge in [-0.3, -0.25) is 0 Å². The number of hydrogen-bond donors (Lipinski definition) is 1. The summed E-state index contributed by atoms with van der Waals surface area (Å²) in [4.78, 5) is 0. The van der Waals surface area contributed by atoms with Crippen molar-refractivity contribution < 1.29 is 13.5 Å². The third kappa shape index (κ3) is 2.68. The van der Waals surface area contributed by atoms with Crippen LogP contribution in [0.4, 0.5) is 13.9 Å². The molecule has 1 heterocycles. The van der Waals surface area contributed by atoms with Crippen molar-refractivity contribution in [1.29, 1.82) is 0 Å². The number of ether oxygens (including phenoxy) is 1. The van der Waals surface area contributed by atoms with E-state index in [-0.39, 0.29) is 12.4 Å². The Hall–Kier alpha value is -1.76. The molecular formula is C10H9F2N3OS. The predicted molar refractivity (Wildman–Crippen MR) is 60.1 cm³/mol. The maximum atomic E-state index is 13.2. The van der Waals surface area contributed by atoms with Crippen molar-refractivity contribution in [2.45, 2.75) is 6.61 Å². The molecule has 0 bridgehead atoms. The summed E-state index contributed by atoms with van der Waals surface area (Å²) in [5.74, 6) is -2.06. The van der Waals surface area contributed by atoms with Crippen LogP contribution in [0.25, 0.3) is 0 Å². The largest absolute Gasteiger partial charge is 0.483 e. The zero-order valence-electron chi connectivity index (χ0n) is 8.91. The number of nitrogens with one attached hydrogen (secondary N) is 1. The summed E-state index contributed by atoms with van der Waals surface area (Å²) >= 11 is 1.29. The number of rotatable bonds is 4. The van der Waals surface area contributed by atoms with Crippen LogP contribution in [-0.2, 0) is 6.61 Å². The molecule has 7 heteroatoms. The van der Waals surface area contributed by atoms with Crippen molar-refractivity contribution in [3.63, 3.8) is 0 Å². The maximum Gasteiger partial charge on any atom is 0.205 e. The van der Waals surface area contributed by atoms with Gasteiger partial charge in [0.1, 0.15) is 6.61 Å². The van der Waals surface area contributed by atoms with E-state index in [0.29, 0.717) is 10.1 Å². The molecule has 0 aliphatic heterocycles. The monoisotopic (exact) mass is 257 g/mol. The zero-order chi connectivity index (χ0) is 12.3. The van der Waals surface area contributed by atoms with Gasteiger partial charge in [-0.25, -0.2) is 4.39 Å². The number of aromatic nitrogens is 2. The number of nitrogens with zero attached hydrogens (tertiary/aromatic N) is 2. The first kappa shape index (κ1) is 11.7. The predicted octanol–water partition coefficient (Wildman–Crippen LogP) is 2.44. The minimum Gasteiger partial charge on any atom is -0.483 e. The van der Waals surface area contributed by atoms with Gasteiger partial charge in [-0.2, -0.15) is 4.39 Å². The smallest absolute Gasteiger partial charge is 0.205 e. The van der Waals surface area contributed by atoms with Gasteiger partial charge >= 0.3 is 0 Å². The van der Waals surface area contributed by atoms with Crippen molar-refractivity contribution in [2.75, 3.05) is 12.4 Å². The lowest BCUT2D eigenvalue weighted by Crippen LogP contribution is -1.98. The van der Waals surface area contributed by atoms with Gasteiger partial charge in [0.05, 0.1) is 0 Å². The minimum absolute atomic E-state index is 0.0553. The highest BCUT2D eigenvalue weighted by atomic mass is 32.1. The Morgan fingerprint density at radius 1 is 1.35 bits per heavy atom. The molecule has 0 aliphatic carbocycles. The molecule has 0 spiro atoms. The van der Waals surface area contributed by atoms with E-state index in [1.54, 1.807) is 7.05 Å². The van der Waals surface area contributed by atoms with Crippen molar-refractivity contribution in [3.05, 3.63) is 34.8 Å². The first-order chi connectivity index (χ1) is 8.20. The Kier molecular flexibility index (Phi) is 3.48. The molecule has 2 aromatic rings. The molecule has 0 fully saturated rings. The molecule has 1 aromatic heterocycles. The molecule has 0 unspecified atom stereocenters. The van der Waals surface area contributed by atoms with Gasteiger partial charge in [0, 0.05) is 7.05 Å². The van der Waals surface area contributed by atoms with Gasteiger partial charge < -0.3 is 10.1 Å². The summed E-state index contributed by atoms with van der Waals surface area (Å²) in [6.07, 6.45) is 0. The first-order valence-corrected chi connectivity index (χ1v) is 5.59. The molecule has 0 atom stereocenters. The van der Waals surface area contributed by atoms with Gasteiger partial charge in [0.15, 0.2) is 16.6 Å². The van der Waals surface area contributed by atoms with E-state index in [2.05, 4.69) is 15.5 Å². The zero-order valence-corrected chi connectivity index (χ0v) is 9.72. The van der Waals surface area contributed by atoms with E-state index in [9.17, 15) is 8.78 Å². The molecule has 4 nitrogen and oxygen atoms in total. The van der Waals surface area contributed by atoms with Crippen LogP contribution >= 0.6 is 11.3 Å². The van der Waals surface area contributed by atoms with Crippen LogP contribution < -0.4 is 10.1 Å². The summed E-state index contributed by atoms with van der Waals surface area (Å²) in [5, 5.41) is 11.7. The molecule has 0 saturated carbocycles. The highest BCUT2D eigenvalue weighted by Gasteiger charge is 2.10. The van der Waals surface area contributed by atoms with Gasteiger partial charge in [0.2, 0.25) is 10.9 Å². The van der Waals surface area contributed by atoms with E-state index >= 15 is 0 Å². The number of benzene rings is 1. The standard InChI is InChI=1S/C10H9F2N3OS/c1-13-10-15-14-8(17-10)5-16-7-4-2-3-6(11)9(7)12/h2-4H,5H2,1H3,(H,13,15). The second kappa shape index (κ2) is 5.05. The lowest BCUT2D eigenvalue weighted by Gasteiger charge is -2.04. The maximum absolute atomic E-state index is 13.2. The summed E-state index contributed by atoms with van der Waals surface area (Å²) in [5.41, 5.74) is 0. The van der Waals surface area contributed by atoms with E-state index < -0.39 is 11.6 Å². The van der Waals surface area contributed by atoms with Crippen LogP contribution in [0.5, 0.6) is 5.75 Å². The summed E-state index contributed by atoms with van der Waals surface area (Å²) in [7, 11) is 1.72. The normalized spacial score (nSPS) is 10.3. The average Bonchev–Trinajstić information content (AvgIpc) is 2.79. The van der Waals surface area contributed by atoms with Crippen molar-refractivity contribution in [2.24, 2.45) is 0 Å². The van der Waals surface area contributed by atoms with E-state index in [1.807, 2.05) is 0 Å². The second-order valence-corrected chi connectivity index (χ2v) is 4.15. The number of halogens is 2. The Balaban J connectivity index is 2.04. The van der Waals surface area contributed by atoms with E-state index in [4.69, 9.17) is 4.74 Å². The molecule has 1 N–H and O–H groups in total. The summed E-state index contributed by atoms with van der Waals surface area (Å²) in [6.45, 7) is 0.0553. The van der Waals surface area contributed by atoms with Gasteiger partial charge in [-0.05, 0) is 12.1 Å². The van der Waals surface area contributed by atoms with Gasteiger partial charge in [-0.1, -0.05) is 17.4 Å². The van der Waals surface area contributed by atoms with Crippen LogP contribution in [0.1, 0.15) is 5.01 Å². The quantitative estimate of drug-likeness (QED) is 0.913. The molecule has 17 heavy (non-hydrogen) atoms. The highest BCUT2D eigenvalue weighted by molar-refractivity contribution is 7.15. The van der Waals surface area contributed by atoms with E-state index in [1.165, 1.54) is 23.5 Å².